The molecule has 3 aromatic rings. The molecule has 0 unspecified atom stereocenters. The Labute approximate surface area is 137 Å². The molecular formula is C19H23N3O. The molecule has 4 nitrogen and oxygen atoms in total. The molecule has 120 valence electrons. The van der Waals surface area contributed by atoms with Crippen molar-refractivity contribution in [1.29, 1.82) is 0 Å². The van der Waals surface area contributed by atoms with Gasteiger partial charge in [0.05, 0.1) is 0 Å². The molecule has 0 saturated heterocycles. The fraction of sp³-hybridized carbons (Fsp3) is 0.316. The number of aromatic nitrogens is 2. The molecule has 0 saturated carbocycles. The number of aliphatic hydroxyl groups is 1. The summed E-state index contributed by atoms with van der Waals surface area (Å²) in [6.45, 7) is 2.81. The van der Waals surface area contributed by atoms with E-state index >= 15 is 0 Å². The average Bonchev–Trinajstić information content (AvgIpc) is 2.94. The van der Waals surface area contributed by atoms with Crippen molar-refractivity contribution in [2.75, 3.05) is 13.2 Å². The first-order chi connectivity index (χ1) is 11.3. The molecule has 0 aliphatic rings. The summed E-state index contributed by atoms with van der Waals surface area (Å²) in [4.78, 5) is 6.55. The van der Waals surface area contributed by atoms with Gasteiger partial charge in [0.15, 0.2) is 0 Å². The van der Waals surface area contributed by atoms with Crippen LogP contribution in [0, 0.1) is 0 Å². The lowest BCUT2D eigenvalue weighted by Gasteiger charge is -2.22. The standard InChI is InChI=1S/C19H23N3O/c1-21-10-7-18-6-5-16(12-19(18)21)14-22(9-3-11-23)15-17-4-2-8-20-13-17/h2,4-8,10,12-13,23H,3,9,11,14-15H2,1H3. The monoisotopic (exact) mass is 309 g/mol. The Morgan fingerprint density at radius 2 is 2.00 bits per heavy atom. The summed E-state index contributed by atoms with van der Waals surface area (Å²) in [5.41, 5.74) is 3.75. The molecule has 2 heterocycles. The van der Waals surface area contributed by atoms with Gasteiger partial charge in [-0.05, 0) is 41.1 Å². The van der Waals surface area contributed by atoms with Crippen molar-refractivity contribution in [3.63, 3.8) is 0 Å². The van der Waals surface area contributed by atoms with Gasteiger partial charge in [0.2, 0.25) is 0 Å². The average molecular weight is 309 g/mol. The SMILES string of the molecule is Cn1ccc2ccc(CN(CCCO)Cc3cccnc3)cc21. The van der Waals surface area contributed by atoms with Crippen molar-refractivity contribution in [2.24, 2.45) is 7.05 Å². The minimum Gasteiger partial charge on any atom is -0.396 e. The first-order valence-electron chi connectivity index (χ1n) is 8.02. The Morgan fingerprint density at radius 3 is 2.78 bits per heavy atom. The van der Waals surface area contributed by atoms with Crippen LogP contribution in [0.25, 0.3) is 10.9 Å². The number of aryl methyl sites for hydroxylation is 1. The number of hydrogen-bond donors (Lipinski definition) is 1. The van der Waals surface area contributed by atoms with Crippen LogP contribution >= 0.6 is 0 Å². The molecule has 0 amide bonds. The van der Waals surface area contributed by atoms with E-state index in [-0.39, 0.29) is 6.61 Å². The van der Waals surface area contributed by atoms with Crippen LogP contribution in [-0.2, 0) is 20.1 Å². The number of pyridine rings is 1. The Hall–Kier alpha value is -2.17. The van der Waals surface area contributed by atoms with Crippen molar-refractivity contribution in [3.8, 4) is 0 Å². The van der Waals surface area contributed by atoms with Gasteiger partial charge >= 0.3 is 0 Å². The van der Waals surface area contributed by atoms with Gasteiger partial charge in [-0.1, -0.05) is 18.2 Å². The van der Waals surface area contributed by atoms with E-state index < -0.39 is 0 Å². The zero-order valence-electron chi connectivity index (χ0n) is 13.5. The van der Waals surface area contributed by atoms with E-state index in [1.54, 1.807) is 6.20 Å². The quantitative estimate of drug-likeness (QED) is 0.729. The van der Waals surface area contributed by atoms with E-state index in [1.807, 2.05) is 12.3 Å². The second-order valence-electron chi connectivity index (χ2n) is 5.97. The summed E-state index contributed by atoms with van der Waals surface area (Å²) >= 11 is 0. The largest absolute Gasteiger partial charge is 0.396 e. The van der Waals surface area contributed by atoms with Crippen LogP contribution in [0.1, 0.15) is 17.5 Å². The Morgan fingerprint density at radius 1 is 1.13 bits per heavy atom. The van der Waals surface area contributed by atoms with Gasteiger partial charge in [-0.25, -0.2) is 0 Å². The molecule has 23 heavy (non-hydrogen) atoms. The molecule has 0 bridgehead atoms. The zero-order valence-corrected chi connectivity index (χ0v) is 13.5. The second-order valence-corrected chi connectivity index (χ2v) is 5.97. The minimum atomic E-state index is 0.223. The van der Waals surface area contributed by atoms with Gasteiger partial charge in [0.1, 0.15) is 0 Å². The van der Waals surface area contributed by atoms with Gasteiger partial charge in [0.25, 0.3) is 0 Å². The molecular weight excluding hydrogens is 286 g/mol. The fourth-order valence-electron chi connectivity index (χ4n) is 2.92. The highest BCUT2D eigenvalue weighted by atomic mass is 16.3. The molecule has 0 aliphatic carbocycles. The van der Waals surface area contributed by atoms with E-state index in [0.29, 0.717) is 0 Å². The number of aliphatic hydroxyl groups excluding tert-OH is 1. The van der Waals surface area contributed by atoms with E-state index in [0.717, 1.165) is 26.1 Å². The van der Waals surface area contributed by atoms with Gasteiger partial charge in [-0.3, -0.25) is 9.88 Å². The topological polar surface area (TPSA) is 41.3 Å². The lowest BCUT2D eigenvalue weighted by molar-refractivity contribution is 0.212. The van der Waals surface area contributed by atoms with E-state index in [9.17, 15) is 0 Å². The van der Waals surface area contributed by atoms with Crippen molar-refractivity contribution in [3.05, 3.63) is 66.1 Å². The van der Waals surface area contributed by atoms with Crippen molar-refractivity contribution in [2.45, 2.75) is 19.5 Å². The number of hydrogen-bond acceptors (Lipinski definition) is 3. The first-order valence-corrected chi connectivity index (χ1v) is 8.02. The van der Waals surface area contributed by atoms with Gasteiger partial charge in [-0.15, -0.1) is 0 Å². The van der Waals surface area contributed by atoms with Crippen LogP contribution in [-0.4, -0.2) is 32.7 Å². The maximum atomic E-state index is 9.15. The molecule has 2 aromatic heterocycles. The summed E-state index contributed by atoms with van der Waals surface area (Å²) in [6.07, 6.45) is 6.58. The van der Waals surface area contributed by atoms with Crippen molar-refractivity contribution >= 4 is 10.9 Å². The van der Waals surface area contributed by atoms with Crippen LogP contribution < -0.4 is 0 Å². The maximum Gasteiger partial charge on any atom is 0.0480 e. The van der Waals surface area contributed by atoms with E-state index in [4.69, 9.17) is 5.11 Å². The molecule has 3 rings (SSSR count). The molecule has 1 N–H and O–H groups in total. The Balaban J connectivity index is 1.77. The number of rotatable bonds is 7. The van der Waals surface area contributed by atoms with Crippen LogP contribution in [0.15, 0.2) is 55.0 Å². The smallest absolute Gasteiger partial charge is 0.0480 e. The Bertz CT molecular complexity index is 752. The van der Waals surface area contributed by atoms with Gasteiger partial charge < -0.3 is 9.67 Å². The molecule has 4 heteroatoms. The maximum absolute atomic E-state index is 9.15. The summed E-state index contributed by atoms with van der Waals surface area (Å²) < 4.78 is 2.15. The number of fused-ring (bicyclic) bond motifs is 1. The van der Waals surface area contributed by atoms with E-state index in [2.05, 4.69) is 58.0 Å². The number of benzene rings is 1. The zero-order chi connectivity index (χ0) is 16.1. The molecule has 0 radical (unpaired) electrons. The van der Waals surface area contributed by atoms with Crippen LogP contribution in [0.4, 0.5) is 0 Å². The van der Waals surface area contributed by atoms with Crippen LogP contribution in [0.3, 0.4) is 0 Å². The molecule has 0 aliphatic heterocycles. The highest BCUT2D eigenvalue weighted by Gasteiger charge is 2.08. The lowest BCUT2D eigenvalue weighted by atomic mass is 10.1. The number of nitrogens with zero attached hydrogens (tertiary/aromatic N) is 3. The lowest BCUT2D eigenvalue weighted by Crippen LogP contribution is -2.24. The molecule has 0 spiro atoms. The highest BCUT2D eigenvalue weighted by molar-refractivity contribution is 5.80. The third-order valence-corrected chi connectivity index (χ3v) is 4.12. The summed E-state index contributed by atoms with van der Waals surface area (Å²) in [7, 11) is 2.07. The summed E-state index contributed by atoms with van der Waals surface area (Å²) in [5, 5.41) is 10.4. The third kappa shape index (κ3) is 3.97. The van der Waals surface area contributed by atoms with Crippen LogP contribution in [0.2, 0.25) is 0 Å². The van der Waals surface area contributed by atoms with Crippen molar-refractivity contribution < 1.29 is 5.11 Å². The molecule has 0 fully saturated rings. The summed E-state index contributed by atoms with van der Waals surface area (Å²) in [6, 6.07) is 12.8. The Kier molecular flexibility index (Phi) is 5.05. The predicted molar refractivity (Wildman–Crippen MR) is 93.0 cm³/mol. The van der Waals surface area contributed by atoms with Gasteiger partial charge in [-0.2, -0.15) is 0 Å². The van der Waals surface area contributed by atoms with E-state index in [1.165, 1.54) is 22.0 Å². The first kappa shape index (κ1) is 15.7. The minimum absolute atomic E-state index is 0.223. The molecule has 1 aromatic carbocycles. The predicted octanol–water partition coefficient (Wildman–Crippen LogP) is 2.96. The fourth-order valence-corrected chi connectivity index (χ4v) is 2.92. The molecule has 0 atom stereocenters. The van der Waals surface area contributed by atoms with Crippen molar-refractivity contribution in [1.82, 2.24) is 14.5 Å². The highest BCUT2D eigenvalue weighted by Crippen LogP contribution is 2.18. The second kappa shape index (κ2) is 7.40. The van der Waals surface area contributed by atoms with Crippen LogP contribution in [0.5, 0.6) is 0 Å². The third-order valence-electron chi connectivity index (χ3n) is 4.12. The summed E-state index contributed by atoms with van der Waals surface area (Å²) in [5.74, 6) is 0. The van der Waals surface area contributed by atoms with Gasteiger partial charge in [0, 0.05) is 57.4 Å². The normalized spacial score (nSPS) is 11.4.